The van der Waals surface area contributed by atoms with Crippen LogP contribution in [-0.2, 0) is 0 Å². The van der Waals surface area contributed by atoms with Gasteiger partial charge < -0.3 is 5.01 Å². The summed E-state index contributed by atoms with van der Waals surface area (Å²) in [7, 11) is 3.81. The van der Waals surface area contributed by atoms with Crippen molar-refractivity contribution in [3.8, 4) is 0 Å². The molecule has 0 aliphatic carbocycles. The summed E-state index contributed by atoms with van der Waals surface area (Å²) in [6.45, 7) is 0. The minimum absolute atomic E-state index is 0.00304. The molecule has 3 heteroatoms. The number of hydrogen-bond acceptors (Lipinski definition) is 3. The first kappa shape index (κ1) is 19.3. The van der Waals surface area contributed by atoms with Gasteiger partial charge in [0, 0.05) is 26.1 Å². The van der Waals surface area contributed by atoms with E-state index in [1.807, 2.05) is 105 Å². The standard InChI is InChI=1S/C25H24N2O/c1-27(2)26-24(21-14-8-4-9-15-21)18-23(20-12-6-3-7-13-20)19-25(28)22-16-10-5-11-17-22/h3-17,19H,18H2,1-2H3/b23-19+,26-24-. The summed E-state index contributed by atoms with van der Waals surface area (Å²) in [5, 5.41) is 6.49. The van der Waals surface area contributed by atoms with E-state index in [9.17, 15) is 4.79 Å². The molecule has 0 heterocycles. The normalized spacial score (nSPS) is 11.9. The molecular weight excluding hydrogens is 344 g/mol. The Hall–Kier alpha value is -3.46. The Balaban J connectivity index is 2.01. The maximum absolute atomic E-state index is 12.8. The predicted octanol–water partition coefficient (Wildman–Crippen LogP) is 5.31. The van der Waals surface area contributed by atoms with E-state index in [0.29, 0.717) is 12.0 Å². The number of allylic oxidation sites excluding steroid dienone is 2. The molecule has 0 aromatic heterocycles. The van der Waals surface area contributed by atoms with Crippen LogP contribution in [0.15, 0.2) is 102 Å². The third kappa shape index (κ3) is 5.27. The Kier molecular flexibility index (Phi) is 6.53. The maximum Gasteiger partial charge on any atom is 0.186 e. The van der Waals surface area contributed by atoms with Crippen LogP contribution in [0.1, 0.15) is 27.9 Å². The number of ketones is 1. The summed E-state index contributed by atoms with van der Waals surface area (Å²) in [6.07, 6.45) is 2.30. The van der Waals surface area contributed by atoms with Crippen LogP contribution in [0.2, 0.25) is 0 Å². The van der Waals surface area contributed by atoms with E-state index in [-0.39, 0.29) is 5.78 Å². The number of carbonyl (C=O) groups is 1. The number of benzene rings is 3. The molecule has 3 aromatic rings. The zero-order chi connectivity index (χ0) is 19.8. The van der Waals surface area contributed by atoms with Gasteiger partial charge in [-0.2, -0.15) is 5.10 Å². The van der Waals surface area contributed by atoms with Crippen LogP contribution in [0.4, 0.5) is 0 Å². The molecule has 0 radical (unpaired) electrons. The lowest BCUT2D eigenvalue weighted by Gasteiger charge is -2.14. The van der Waals surface area contributed by atoms with Crippen molar-refractivity contribution in [2.45, 2.75) is 6.42 Å². The number of nitrogens with zero attached hydrogens (tertiary/aromatic N) is 2. The first-order valence-corrected chi connectivity index (χ1v) is 9.29. The van der Waals surface area contributed by atoms with E-state index in [4.69, 9.17) is 5.10 Å². The van der Waals surface area contributed by atoms with Gasteiger partial charge in [0.1, 0.15) is 0 Å². The number of carbonyl (C=O) groups excluding carboxylic acids is 1. The van der Waals surface area contributed by atoms with Gasteiger partial charge in [-0.25, -0.2) is 0 Å². The molecule has 0 saturated heterocycles. The monoisotopic (exact) mass is 368 g/mol. The third-order valence-corrected chi connectivity index (χ3v) is 4.29. The zero-order valence-electron chi connectivity index (χ0n) is 16.2. The molecule has 0 saturated carbocycles. The van der Waals surface area contributed by atoms with Crippen molar-refractivity contribution in [1.29, 1.82) is 0 Å². The largest absolute Gasteiger partial charge is 0.303 e. The first-order chi connectivity index (χ1) is 13.6. The average Bonchev–Trinajstić information content (AvgIpc) is 2.74. The minimum Gasteiger partial charge on any atom is -0.303 e. The first-order valence-electron chi connectivity index (χ1n) is 9.29. The average molecular weight is 368 g/mol. The Labute approximate surface area is 166 Å². The fraction of sp³-hybridized carbons (Fsp3) is 0.120. The van der Waals surface area contributed by atoms with Crippen molar-refractivity contribution in [2.24, 2.45) is 5.10 Å². The molecule has 3 rings (SSSR count). The number of rotatable bonds is 7. The van der Waals surface area contributed by atoms with Crippen LogP contribution in [0.5, 0.6) is 0 Å². The Morgan fingerprint density at radius 2 is 1.21 bits per heavy atom. The molecule has 0 amide bonds. The second kappa shape index (κ2) is 9.47. The summed E-state index contributed by atoms with van der Waals surface area (Å²) >= 11 is 0. The quantitative estimate of drug-likeness (QED) is 0.245. The highest BCUT2D eigenvalue weighted by Crippen LogP contribution is 2.22. The summed E-state index contributed by atoms with van der Waals surface area (Å²) in [6, 6.07) is 29.5. The van der Waals surface area contributed by atoms with E-state index < -0.39 is 0 Å². The van der Waals surface area contributed by atoms with Crippen LogP contribution in [-0.4, -0.2) is 30.6 Å². The van der Waals surface area contributed by atoms with E-state index in [1.165, 1.54) is 0 Å². The second-order valence-corrected chi connectivity index (χ2v) is 6.70. The second-order valence-electron chi connectivity index (χ2n) is 6.70. The van der Waals surface area contributed by atoms with E-state index in [0.717, 1.165) is 22.4 Å². The summed E-state index contributed by atoms with van der Waals surface area (Å²) in [5.74, 6) is -0.00304. The summed E-state index contributed by atoms with van der Waals surface area (Å²) in [4.78, 5) is 12.8. The smallest absolute Gasteiger partial charge is 0.186 e. The Morgan fingerprint density at radius 1 is 0.750 bits per heavy atom. The zero-order valence-corrected chi connectivity index (χ0v) is 16.2. The molecule has 3 nitrogen and oxygen atoms in total. The van der Waals surface area contributed by atoms with Gasteiger partial charge in [0.2, 0.25) is 0 Å². The molecule has 0 bridgehead atoms. The molecule has 0 unspecified atom stereocenters. The lowest BCUT2D eigenvalue weighted by Crippen LogP contribution is -2.11. The van der Waals surface area contributed by atoms with Gasteiger partial charge in [-0.05, 0) is 22.8 Å². The molecule has 3 aromatic carbocycles. The number of hydrogen-bond donors (Lipinski definition) is 0. The summed E-state index contributed by atoms with van der Waals surface area (Å²) < 4.78 is 0. The third-order valence-electron chi connectivity index (χ3n) is 4.29. The van der Waals surface area contributed by atoms with Gasteiger partial charge in [-0.3, -0.25) is 4.79 Å². The van der Waals surface area contributed by atoms with Crippen LogP contribution in [0.25, 0.3) is 5.57 Å². The predicted molar refractivity (Wildman–Crippen MR) is 116 cm³/mol. The molecule has 0 aliphatic heterocycles. The van der Waals surface area contributed by atoms with Crippen molar-refractivity contribution in [1.82, 2.24) is 5.01 Å². The fourth-order valence-electron chi connectivity index (χ4n) is 2.98. The SMILES string of the molecule is CN(C)/N=C(/C/C(=C\C(=O)c1ccccc1)c1ccccc1)c1ccccc1. The van der Waals surface area contributed by atoms with Gasteiger partial charge in [-0.1, -0.05) is 91.0 Å². The van der Waals surface area contributed by atoms with Gasteiger partial charge in [0.15, 0.2) is 5.78 Å². The Morgan fingerprint density at radius 3 is 1.71 bits per heavy atom. The molecule has 0 aliphatic rings. The minimum atomic E-state index is -0.00304. The van der Waals surface area contributed by atoms with Crippen molar-refractivity contribution >= 4 is 17.1 Å². The van der Waals surface area contributed by atoms with Crippen LogP contribution < -0.4 is 0 Å². The van der Waals surface area contributed by atoms with Crippen LogP contribution in [0, 0.1) is 0 Å². The molecule has 0 fully saturated rings. The topological polar surface area (TPSA) is 32.7 Å². The van der Waals surface area contributed by atoms with Crippen LogP contribution in [0.3, 0.4) is 0 Å². The molecule has 0 N–H and O–H groups in total. The molecule has 28 heavy (non-hydrogen) atoms. The maximum atomic E-state index is 12.8. The highest BCUT2D eigenvalue weighted by Gasteiger charge is 2.12. The van der Waals surface area contributed by atoms with E-state index in [1.54, 1.807) is 11.1 Å². The van der Waals surface area contributed by atoms with Gasteiger partial charge >= 0.3 is 0 Å². The van der Waals surface area contributed by atoms with Gasteiger partial charge in [0.25, 0.3) is 0 Å². The van der Waals surface area contributed by atoms with E-state index in [2.05, 4.69) is 0 Å². The molecular formula is C25H24N2O. The Bertz CT molecular complexity index is 959. The molecule has 0 spiro atoms. The van der Waals surface area contributed by atoms with Gasteiger partial charge in [0.05, 0.1) is 5.71 Å². The highest BCUT2D eigenvalue weighted by molar-refractivity contribution is 6.12. The summed E-state index contributed by atoms with van der Waals surface area (Å²) in [5.41, 5.74) is 4.61. The van der Waals surface area contributed by atoms with Crippen molar-refractivity contribution < 1.29 is 4.79 Å². The van der Waals surface area contributed by atoms with Crippen molar-refractivity contribution in [3.63, 3.8) is 0 Å². The molecule has 140 valence electrons. The highest BCUT2D eigenvalue weighted by atomic mass is 16.1. The fourth-order valence-corrected chi connectivity index (χ4v) is 2.98. The molecule has 0 atom stereocenters. The van der Waals surface area contributed by atoms with E-state index >= 15 is 0 Å². The lowest BCUT2D eigenvalue weighted by molar-refractivity contribution is 0.104. The van der Waals surface area contributed by atoms with Crippen molar-refractivity contribution in [2.75, 3.05) is 14.1 Å². The lowest BCUT2D eigenvalue weighted by atomic mass is 9.94. The van der Waals surface area contributed by atoms with Crippen LogP contribution >= 0.6 is 0 Å². The van der Waals surface area contributed by atoms with Crippen molar-refractivity contribution in [3.05, 3.63) is 114 Å². The van der Waals surface area contributed by atoms with Gasteiger partial charge in [-0.15, -0.1) is 0 Å². The number of hydrazone groups is 1.